The van der Waals surface area contributed by atoms with Crippen molar-refractivity contribution in [3.05, 3.63) is 0 Å². The maximum atomic E-state index is 12.5. The Labute approximate surface area is 182 Å². The monoisotopic (exact) mass is 464 g/mol. The van der Waals surface area contributed by atoms with E-state index in [-0.39, 0.29) is 11.2 Å². The molecule has 162 valence electrons. The molecular weight excluding hydrogens is 420 g/mol. The summed E-state index contributed by atoms with van der Waals surface area (Å²) in [6.07, 6.45) is 19.8. The van der Waals surface area contributed by atoms with E-state index >= 15 is 0 Å². The number of thioether (sulfide) groups is 1. The first kappa shape index (κ1) is 27.3. The van der Waals surface area contributed by atoms with Crippen LogP contribution >= 0.6 is 27.7 Å². The molecule has 1 unspecified atom stereocenters. The van der Waals surface area contributed by atoms with E-state index in [4.69, 9.17) is 4.74 Å². The standard InChI is InChI=1S/C23H45BrO2S/c1-3-5-7-9-10-14-18-22(27-21-17-13-8-6-4-2)23(25)26-20-16-12-11-15-19-24/h22H,3-21H2,1-2H3. The van der Waals surface area contributed by atoms with Crippen LogP contribution in [0.5, 0.6) is 0 Å². The van der Waals surface area contributed by atoms with Crippen LogP contribution in [0, 0.1) is 0 Å². The minimum atomic E-state index is 0.0441. The predicted molar refractivity (Wildman–Crippen MR) is 126 cm³/mol. The minimum absolute atomic E-state index is 0.0441. The first-order valence-electron chi connectivity index (χ1n) is 11.6. The number of unbranched alkanes of at least 4 members (excludes halogenated alkanes) is 12. The quantitative estimate of drug-likeness (QED) is 0.0968. The molecule has 0 rings (SSSR count). The summed E-state index contributed by atoms with van der Waals surface area (Å²) in [5.74, 6) is 1.15. The van der Waals surface area contributed by atoms with Crippen molar-refractivity contribution in [3.8, 4) is 0 Å². The molecule has 0 N–H and O–H groups in total. The van der Waals surface area contributed by atoms with Gasteiger partial charge in [0.05, 0.1) is 6.61 Å². The number of alkyl halides is 1. The summed E-state index contributed by atoms with van der Waals surface area (Å²) in [4.78, 5) is 12.5. The molecule has 0 saturated heterocycles. The molecule has 1 atom stereocenters. The van der Waals surface area contributed by atoms with Crippen LogP contribution in [-0.2, 0) is 9.53 Å². The van der Waals surface area contributed by atoms with Crippen LogP contribution in [0.3, 0.4) is 0 Å². The summed E-state index contributed by atoms with van der Waals surface area (Å²) in [5.41, 5.74) is 0. The number of ether oxygens (including phenoxy) is 1. The minimum Gasteiger partial charge on any atom is -0.465 e. The first-order valence-corrected chi connectivity index (χ1v) is 13.8. The van der Waals surface area contributed by atoms with Crippen molar-refractivity contribution >= 4 is 33.7 Å². The number of halogens is 1. The fourth-order valence-corrected chi connectivity index (χ4v) is 4.72. The second kappa shape index (κ2) is 22.6. The molecule has 0 aliphatic rings. The second-order valence-corrected chi connectivity index (χ2v) is 9.70. The summed E-state index contributed by atoms with van der Waals surface area (Å²) in [7, 11) is 0. The van der Waals surface area contributed by atoms with Crippen LogP contribution in [0.15, 0.2) is 0 Å². The van der Waals surface area contributed by atoms with Crippen molar-refractivity contribution in [2.75, 3.05) is 17.7 Å². The molecule has 0 spiro atoms. The summed E-state index contributed by atoms with van der Waals surface area (Å²) in [6, 6.07) is 0. The second-order valence-electron chi connectivity index (χ2n) is 7.60. The zero-order chi connectivity index (χ0) is 20.0. The molecule has 0 aliphatic heterocycles. The average Bonchev–Trinajstić information content (AvgIpc) is 2.68. The van der Waals surface area contributed by atoms with E-state index in [9.17, 15) is 4.79 Å². The smallest absolute Gasteiger partial charge is 0.319 e. The van der Waals surface area contributed by atoms with E-state index < -0.39 is 0 Å². The molecule has 0 bridgehead atoms. The molecular formula is C23H45BrO2S. The molecule has 2 nitrogen and oxygen atoms in total. The lowest BCUT2D eigenvalue weighted by atomic mass is 10.1. The number of hydrogen-bond donors (Lipinski definition) is 0. The third-order valence-electron chi connectivity index (χ3n) is 4.92. The van der Waals surface area contributed by atoms with E-state index in [0.717, 1.165) is 36.8 Å². The Morgan fingerprint density at radius 1 is 0.778 bits per heavy atom. The van der Waals surface area contributed by atoms with Gasteiger partial charge in [-0.25, -0.2) is 0 Å². The van der Waals surface area contributed by atoms with Gasteiger partial charge in [-0.1, -0.05) is 107 Å². The van der Waals surface area contributed by atoms with Gasteiger partial charge in [0, 0.05) is 5.33 Å². The van der Waals surface area contributed by atoms with Crippen LogP contribution in [0.2, 0.25) is 0 Å². The Morgan fingerprint density at radius 2 is 1.33 bits per heavy atom. The fourth-order valence-electron chi connectivity index (χ4n) is 3.13. The summed E-state index contributed by atoms with van der Waals surface area (Å²) >= 11 is 5.31. The van der Waals surface area contributed by atoms with E-state index in [1.54, 1.807) is 0 Å². The molecule has 0 aromatic rings. The number of carbonyl (C=O) groups is 1. The van der Waals surface area contributed by atoms with E-state index in [0.29, 0.717) is 6.61 Å². The lowest BCUT2D eigenvalue weighted by Gasteiger charge is -2.16. The van der Waals surface area contributed by atoms with Gasteiger partial charge in [0.25, 0.3) is 0 Å². The van der Waals surface area contributed by atoms with Gasteiger partial charge < -0.3 is 4.74 Å². The Morgan fingerprint density at radius 3 is 2.00 bits per heavy atom. The lowest BCUT2D eigenvalue weighted by Crippen LogP contribution is -2.21. The van der Waals surface area contributed by atoms with Crippen LogP contribution in [-0.4, -0.2) is 28.9 Å². The molecule has 4 heteroatoms. The summed E-state index contributed by atoms with van der Waals surface area (Å²) < 4.78 is 5.60. The van der Waals surface area contributed by atoms with E-state index in [1.165, 1.54) is 77.0 Å². The number of hydrogen-bond acceptors (Lipinski definition) is 3. The van der Waals surface area contributed by atoms with Gasteiger partial charge >= 0.3 is 5.97 Å². The molecule has 0 aromatic heterocycles. The number of carbonyl (C=O) groups excluding carboxylic acids is 1. The predicted octanol–water partition coefficient (Wildman–Crippen LogP) is 8.31. The summed E-state index contributed by atoms with van der Waals surface area (Å²) in [5, 5.41) is 1.13. The number of esters is 1. The highest BCUT2D eigenvalue weighted by Gasteiger charge is 2.19. The fraction of sp³-hybridized carbons (Fsp3) is 0.957. The van der Waals surface area contributed by atoms with Gasteiger partial charge in [0.15, 0.2) is 0 Å². The van der Waals surface area contributed by atoms with Crippen molar-refractivity contribution in [1.29, 1.82) is 0 Å². The Bertz CT molecular complexity index is 297. The molecule has 0 radical (unpaired) electrons. The third-order valence-corrected chi connectivity index (χ3v) is 6.84. The molecule has 0 aromatic carbocycles. The maximum Gasteiger partial charge on any atom is 0.319 e. The van der Waals surface area contributed by atoms with Crippen molar-refractivity contribution in [2.45, 2.75) is 122 Å². The topological polar surface area (TPSA) is 26.3 Å². The van der Waals surface area contributed by atoms with Gasteiger partial charge in [-0.2, -0.15) is 0 Å². The average molecular weight is 466 g/mol. The SMILES string of the molecule is CCCCCCCCC(SCCCCCCC)C(=O)OCCCCCCBr. The molecule has 0 fully saturated rings. The van der Waals surface area contributed by atoms with Crippen molar-refractivity contribution < 1.29 is 9.53 Å². The van der Waals surface area contributed by atoms with Gasteiger partial charge in [-0.05, 0) is 31.4 Å². The molecule has 0 aliphatic carbocycles. The zero-order valence-corrected chi connectivity index (χ0v) is 20.5. The highest BCUT2D eigenvalue weighted by Crippen LogP contribution is 2.22. The zero-order valence-electron chi connectivity index (χ0n) is 18.1. The third kappa shape index (κ3) is 19.4. The van der Waals surface area contributed by atoms with Crippen molar-refractivity contribution in [1.82, 2.24) is 0 Å². The molecule has 27 heavy (non-hydrogen) atoms. The first-order chi connectivity index (χ1) is 13.3. The molecule has 0 heterocycles. The Kier molecular flexibility index (Phi) is 22.8. The van der Waals surface area contributed by atoms with Crippen molar-refractivity contribution in [3.63, 3.8) is 0 Å². The van der Waals surface area contributed by atoms with Crippen LogP contribution < -0.4 is 0 Å². The van der Waals surface area contributed by atoms with Crippen LogP contribution in [0.1, 0.15) is 117 Å². The van der Waals surface area contributed by atoms with E-state index in [1.807, 2.05) is 11.8 Å². The van der Waals surface area contributed by atoms with E-state index in [2.05, 4.69) is 29.8 Å². The lowest BCUT2D eigenvalue weighted by molar-refractivity contribution is -0.143. The van der Waals surface area contributed by atoms with Gasteiger partial charge in [0.1, 0.15) is 5.25 Å². The van der Waals surface area contributed by atoms with Gasteiger partial charge in [0.2, 0.25) is 0 Å². The van der Waals surface area contributed by atoms with Gasteiger partial charge in [-0.3, -0.25) is 4.79 Å². The summed E-state index contributed by atoms with van der Waals surface area (Å²) in [6.45, 7) is 5.11. The van der Waals surface area contributed by atoms with Crippen LogP contribution in [0.4, 0.5) is 0 Å². The normalized spacial score (nSPS) is 12.3. The Balaban J connectivity index is 4.02. The highest BCUT2D eigenvalue weighted by atomic mass is 79.9. The maximum absolute atomic E-state index is 12.5. The molecule has 0 amide bonds. The van der Waals surface area contributed by atoms with Crippen LogP contribution in [0.25, 0.3) is 0 Å². The number of rotatable bonds is 21. The Hall–Kier alpha value is 0.300. The highest BCUT2D eigenvalue weighted by molar-refractivity contribution is 9.09. The molecule has 0 saturated carbocycles. The van der Waals surface area contributed by atoms with Gasteiger partial charge in [-0.15, -0.1) is 11.8 Å². The largest absolute Gasteiger partial charge is 0.465 e. The van der Waals surface area contributed by atoms with Crippen molar-refractivity contribution in [2.24, 2.45) is 0 Å².